The zero-order valence-electron chi connectivity index (χ0n) is 15.1. The number of fused-ring (bicyclic) bond motifs is 1. The van der Waals surface area contributed by atoms with Crippen molar-refractivity contribution in [3.05, 3.63) is 35.3 Å². The third kappa shape index (κ3) is 4.57. The van der Waals surface area contributed by atoms with Gasteiger partial charge in [0.2, 0.25) is 0 Å². The summed E-state index contributed by atoms with van der Waals surface area (Å²) in [6, 6.07) is 6.20. The van der Waals surface area contributed by atoms with E-state index < -0.39 is 5.97 Å². The number of anilines is 1. The summed E-state index contributed by atoms with van der Waals surface area (Å²) in [5.41, 5.74) is 1.43. The lowest BCUT2D eigenvalue weighted by Crippen LogP contribution is -2.35. The zero-order chi connectivity index (χ0) is 20.1. The number of unbranched alkanes of at least 4 members (excludes halogenated alkanes) is 2. The second-order valence-electron chi connectivity index (χ2n) is 5.99. The number of aromatic carboxylic acids is 1. The first kappa shape index (κ1) is 20.0. The molecule has 0 atom stereocenters. The summed E-state index contributed by atoms with van der Waals surface area (Å²) >= 11 is 5.35. The van der Waals surface area contributed by atoms with Gasteiger partial charge in [0.05, 0.1) is 11.1 Å². The van der Waals surface area contributed by atoms with Crippen LogP contribution in [0.4, 0.5) is 10.6 Å². The maximum Gasteiger partial charge on any atom is 0.345 e. The average molecular weight is 418 g/mol. The molecule has 0 aliphatic rings. The molecule has 3 rings (SSSR count). The van der Waals surface area contributed by atoms with Crippen molar-refractivity contribution in [1.82, 2.24) is 20.3 Å². The highest BCUT2D eigenvalue weighted by atomic mass is 32.1. The Bertz CT molecular complexity index is 1010. The highest BCUT2D eigenvalue weighted by Gasteiger charge is 2.15. The fourth-order valence-corrected chi connectivity index (χ4v) is 3.45. The summed E-state index contributed by atoms with van der Waals surface area (Å²) in [5.74, 6) is -0.659. The SMILES string of the molecule is CCCCCNC(=O)N(S)c1ccc2ncc(-c3ccc(C(=O)O)s3)nc2n1. The van der Waals surface area contributed by atoms with Crippen LogP contribution in [0.1, 0.15) is 35.9 Å². The number of nitrogens with zero attached hydrogens (tertiary/aromatic N) is 4. The molecule has 3 aromatic heterocycles. The maximum absolute atomic E-state index is 12.2. The van der Waals surface area contributed by atoms with Crippen LogP contribution in [0, 0.1) is 0 Å². The van der Waals surface area contributed by atoms with Crippen molar-refractivity contribution in [1.29, 1.82) is 0 Å². The Kier molecular flexibility index (Phi) is 6.42. The number of urea groups is 1. The van der Waals surface area contributed by atoms with Crippen LogP contribution in [0.15, 0.2) is 30.5 Å². The van der Waals surface area contributed by atoms with Gasteiger partial charge in [-0.15, -0.1) is 11.3 Å². The first-order valence-electron chi connectivity index (χ1n) is 8.73. The number of pyridine rings is 1. The molecule has 0 unspecified atom stereocenters. The largest absolute Gasteiger partial charge is 0.477 e. The van der Waals surface area contributed by atoms with E-state index in [2.05, 4.69) is 40.0 Å². The highest BCUT2D eigenvalue weighted by Crippen LogP contribution is 2.27. The molecule has 3 aromatic rings. The van der Waals surface area contributed by atoms with E-state index in [0.717, 1.165) is 34.9 Å². The van der Waals surface area contributed by atoms with Crippen molar-refractivity contribution in [2.45, 2.75) is 26.2 Å². The summed E-state index contributed by atoms with van der Waals surface area (Å²) in [4.78, 5) is 37.3. The number of hydrogen-bond acceptors (Lipinski definition) is 7. The summed E-state index contributed by atoms with van der Waals surface area (Å²) in [6.45, 7) is 2.67. The molecule has 146 valence electrons. The number of carboxylic acid groups (broad SMARTS) is 1. The normalized spacial score (nSPS) is 10.8. The molecule has 10 heteroatoms. The molecule has 8 nitrogen and oxygen atoms in total. The maximum atomic E-state index is 12.2. The number of amides is 2. The molecule has 0 fully saturated rings. The van der Waals surface area contributed by atoms with E-state index in [-0.39, 0.29) is 10.9 Å². The Morgan fingerprint density at radius 3 is 2.75 bits per heavy atom. The van der Waals surface area contributed by atoms with Crippen LogP contribution in [0.25, 0.3) is 21.7 Å². The van der Waals surface area contributed by atoms with Crippen LogP contribution < -0.4 is 9.62 Å². The lowest BCUT2D eigenvalue weighted by Gasteiger charge is -2.15. The Morgan fingerprint density at radius 1 is 1.21 bits per heavy atom. The Labute approximate surface area is 171 Å². The van der Waals surface area contributed by atoms with Crippen molar-refractivity contribution in [3.8, 4) is 10.6 Å². The van der Waals surface area contributed by atoms with E-state index in [4.69, 9.17) is 5.11 Å². The van der Waals surface area contributed by atoms with E-state index in [1.165, 1.54) is 6.07 Å². The van der Waals surface area contributed by atoms with Crippen molar-refractivity contribution in [3.63, 3.8) is 0 Å². The van der Waals surface area contributed by atoms with Gasteiger partial charge in [0.15, 0.2) is 5.65 Å². The fraction of sp³-hybridized carbons (Fsp3) is 0.278. The van der Waals surface area contributed by atoms with E-state index in [1.807, 2.05) is 0 Å². The molecule has 0 bridgehead atoms. The van der Waals surface area contributed by atoms with Gasteiger partial charge in [-0.2, -0.15) is 0 Å². The zero-order valence-corrected chi connectivity index (χ0v) is 16.8. The molecule has 0 aliphatic carbocycles. The second-order valence-corrected chi connectivity index (χ2v) is 7.47. The summed E-state index contributed by atoms with van der Waals surface area (Å²) in [6.07, 6.45) is 4.60. The van der Waals surface area contributed by atoms with Crippen LogP contribution in [-0.2, 0) is 0 Å². The van der Waals surface area contributed by atoms with Crippen LogP contribution in [0.3, 0.4) is 0 Å². The predicted molar refractivity (Wildman–Crippen MR) is 112 cm³/mol. The van der Waals surface area contributed by atoms with Crippen molar-refractivity contribution >= 4 is 53.1 Å². The first-order chi connectivity index (χ1) is 13.5. The number of thiophene rings is 1. The number of thiol groups is 1. The van der Waals surface area contributed by atoms with Gasteiger partial charge < -0.3 is 10.4 Å². The lowest BCUT2D eigenvalue weighted by molar-refractivity contribution is 0.0702. The Morgan fingerprint density at radius 2 is 2.04 bits per heavy atom. The number of nitrogens with one attached hydrogen (secondary N) is 1. The van der Waals surface area contributed by atoms with E-state index in [0.29, 0.717) is 34.1 Å². The third-order valence-electron chi connectivity index (χ3n) is 3.93. The molecular formula is C18H19N5O3S2. The first-order valence-corrected chi connectivity index (χ1v) is 9.95. The number of carbonyl (C=O) groups excluding carboxylic acids is 1. The van der Waals surface area contributed by atoms with E-state index >= 15 is 0 Å². The number of carbonyl (C=O) groups is 2. The molecule has 28 heavy (non-hydrogen) atoms. The number of rotatable bonds is 7. The molecule has 0 radical (unpaired) electrons. The summed E-state index contributed by atoms with van der Waals surface area (Å²) in [5, 5.41) is 11.9. The molecule has 2 amide bonds. The van der Waals surface area contributed by atoms with E-state index in [9.17, 15) is 9.59 Å². The van der Waals surface area contributed by atoms with Gasteiger partial charge in [0, 0.05) is 6.54 Å². The third-order valence-corrected chi connectivity index (χ3v) is 5.41. The molecular weight excluding hydrogens is 398 g/mol. The van der Waals surface area contributed by atoms with Crippen molar-refractivity contribution < 1.29 is 14.7 Å². The quantitative estimate of drug-likeness (QED) is 0.396. The van der Waals surface area contributed by atoms with Crippen molar-refractivity contribution in [2.24, 2.45) is 0 Å². The molecule has 0 aromatic carbocycles. The summed E-state index contributed by atoms with van der Waals surface area (Å²) < 4.78 is 1.13. The number of hydrogen-bond donors (Lipinski definition) is 3. The second kappa shape index (κ2) is 8.98. The van der Waals surface area contributed by atoms with Crippen LogP contribution in [0.2, 0.25) is 0 Å². The average Bonchev–Trinajstić information content (AvgIpc) is 3.20. The molecule has 2 N–H and O–H groups in total. The van der Waals surface area contributed by atoms with Crippen LogP contribution in [-0.4, -0.2) is 38.6 Å². The fourth-order valence-electron chi connectivity index (χ4n) is 2.46. The smallest absolute Gasteiger partial charge is 0.345 e. The summed E-state index contributed by atoms with van der Waals surface area (Å²) in [7, 11) is 0. The minimum atomic E-state index is -0.985. The molecule has 0 aliphatic heterocycles. The van der Waals surface area contributed by atoms with Crippen LogP contribution in [0.5, 0.6) is 0 Å². The molecule has 3 heterocycles. The molecule has 0 spiro atoms. The predicted octanol–water partition coefficient (Wildman–Crippen LogP) is 4.00. The van der Waals surface area contributed by atoms with Gasteiger partial charge in [0.25, 0.3) is 0 Å². The highest BCUT2D eigenvalue weighted by molar-refractivity contribution is 7.82. The minimum absolute atomic E-state index is 0.222. The van der Waals surface area contributed by atoms with Gasteiger partial charge in [-0.3, -0.25) is 4.98 Å². The molecule has 0 saturated carbocycles. The topological polar surface area (TPSA) is 108 Å². The monoisotopic (exact) mass is 417 g/mol. The minimum Gasteiger partial charge on any atom is -0.477 e. The van der Waals surface area contributed by atoms with Gasteiger partial charge in [-0.25, -0.2) is 23.9 Å². The van der Waals surface area contributed by atoms with Gasteiger partial charge in [-0.1, -0.05) is 32.6 Å². The van der Waals surface area contributed by atoms with Gasteiger partial charge in [-0.05, 0) is 30.7 Å². The van der Waals surface area contributed by atoms with Gasteiger partial charge >= 0.3 is 12.0 Å². The van der Waals surface area contributed by atoms with Gasteiger partial charge in [0.1, 0.15) is 21.9 Å². The lowest BCUT2D eigenvalue weighted by atomic mass is 10.2. The Hall–Kier alpha value is -2.72. The van der Waals surface area contributed by atoms with E-state index in [1.54, 1.807) is 24.4 Å². The Balaban J connectivity index is 1.81. The van der Waals surface area contributed by atoms with Crippen molar-refractivity contribution in [2.75, 3.05) is 10.8 Å². The number of aromatic nitrogens is 3. The number of carboxylic acids is 1. The molecule has 0 saturated heterocycles. The van der Waals surface area contributed by atoms with Crippen LogP contribution >= 0.6 is 24.2 Å². The standard InChI is InChI=1S/C18H19N5O3S2/c1-2-3-4-9-19-18(26)23(27)15-8-5-11-16(22-15)21-12(10-20-11)13-6-7-14(28-13)17(24)25/h5-8,10,27H,2-4,9H2,1H3,(H,19,26)(H,24,25).